The lowest BCUT2D eigenvalue weighted by Gasteiger charge is -2.29. The van der Waals surface area contributed by atoms with Crippen LogP contribution in [0.3, 0.4) is 0 Å². The number of rotatable bonds is 3. The monoisotopic (exact) mass is 282 g/mol. The molecule has 1 fully saturated rings. The number of amides is 2. The molecule has 19 heavy (non-hydrogen) atoms. The highest BCUT2D eigenvalue weighted by Crippen LogP contribution is 2.14. The number of ether oxygens (including phenoxy) is 1. The predicted octanol–water partition coefficient (Wildman–Crippen LogP) is 0.927. The summed E-state index contributed by atoms with van der Waals surface area (Å²) in [6, 6.07) is 6.85. The molecule has 1 unspecified atom stereocenters. The third-order valence-corrected chi connectivity index (χ3v) is 3.28. The Bertz CT molecular complexity index is 493. The molecule has 1 saturated heterocycles. The van der Waals surface area contributed by atoms with Gasteiger partial charge in [0.15, 0.2) is 0 Å². The van der Waals surface area contributed by atoms with Gasteiger partial charge in [-0.1, -0.05) is 23.7 Å². The number of nitrogens with one attached hydrogen (secondary N) is 1. The second-order valence-electron chi connectivity index (χ2n) is 4.40. The van der Waals surface area contributed by atoms with E-state index in [0.717, 1.165) is 0 Å². The van der Waals surface area contributed by atoms with Crippen LogP contribution >= 0.6 is 11.6 Å². The van der Waals surface area contributed by atoms with Crippen LogP contribution in [0.25, 0.3) is 0 Å². The summed E-state index contributed by atoms with van der Waals surface area (Å²) in [7, 11) is 1.72. The summed E-state index contributed by atoms with van der Waals surface area (Å²) in [5.41, 5.74) is 0.435. The molecule has 2 rings (SSSR count). The van der Waals surface area contributed by atoms with Crippen molar-refractivity contribution in [2.24, 2.45) is 0 Å². The van der Waals surface area contributed by atoms with Gasteiger partial charge in [-0.15, -0.1) is 0 Å². The highest BCUT2D eigenvalue weighted by Gasteiger charge is 2.23. The Morgan fingerprint density at radius 2 is 2.26 bits per heavy atom. The van der Waals surface area contributed by atoms with Crippen LogP contribution in [0.2, 0.25) is 5.02 Å². The van der Waals surface area contributed by atoms with Crippen LogP contribution < -0.4 is 5.32 Å². The van der Waals surface area contributed by atoms with Gasteiger partial charge in [0.05, 0.1) is 16.7 Å². The van der Waals surface area contributed by atoms with Crippen molar-refractivity contribution in [2.45, 2.75) is 6.10 Å². The SMILES string of the molecule is CN1CC(CNC(=O)c2ccccc2Cl)OCC1=O. The first-order valence-electron chi connectivity index (χ1n) is 5.96. The zero-order valence-electron chi connectivity index (χ0n) is 10.6. The number of hydrogen-bond acceptors (Lipinski definition) is 3. The van der Waals surface area contributed by atoms with E-state index in [0.29, 0.717) is 23.7 Å². The summed E-state index contributed by atoms with van der Waals surface area (Å²) in [5.74, 6) is -0.289. The molecular formula is C13H15ClN2O3. The van der Waals surface area contributed by atoms with Gasteiger partial charge in [0, 0.05) is 20.1 Å². The molecule has 1 atom stereocenters. The number of carbonyl (C=O) groups excluding carboxylic acids is 2. The second-order valence-corrected chi connectivity index (χ2v) is 4.80. The minimum absolute atomic E-state index is 0.0475. The number of hydrogen-bond donors (Lipinski definition) is 1. The zero-order valence-corrected chi connectivity index (χ0v) is 11.3. The summed E-state index contributed by atoms with van der Waals surface area (Å²) in [5, 5.41) is 3.17. The normalized spacial score (nSPS) is 19.4. The Kier molecular flexibility index (Phi) is 4.39. The maximum absolute atomic E-state index is 11.9. The van der Waals surface area contributed by atoms with Crippen molar-refractivity contribution in [2.75, 3.05) is 26.7 Å². The topological polar surface area (TPSA) is 58.6 Å². The lowest BCUT2D eigenvalue weighted by molar-refractivity contribution is -0.146. The summed E-state index contributed by atoms with van der Waals surface area (Å²) in [6.45, 7) is 0.881. The number of morpholine rings is 1. The van der Waals surface area contributed by atoms with Gasteiger partial charge < -0.3 is 15.0 Å². The highest BCUT2D eigenvalue weighted by molar-refractivity contribution is 6.33. The molecule has 5 nitrogen and oxygen atoms in total. The molecule has 1 aliphatic heterocycles. The van der Waals surface area contributed by atoms with Gasteiger partial charge >= 0.3 is 0 Å². The molecule has 0 aromatic heterocycles. The molecule has 6 heteroatoms. The Hall–Kier alpha value is -1.59. The molecule has 0 saturated carbocycles. The molecule has 1 aromatic rings. The lowest BCUT2D eigenvalue weighted by atomic mass is 10.2. The van der Waals surface area contributed by atoms with Crippen molar-refractivity contribution >= 4 is 23.4 Å². The van der Waals surface area contributed by atoms with Crippen LogP contribution in [0.15, 0.2) is 24.3 Å². The van der Waals surface area contributed by atoms with Gasteiger partial charge in [-0.2, -0.15) is 0 Å². The van der Waals surface area contributed by atoms with Gasteiger partial charge in [0.1, 0.15) is 6.61 Å². The smallest absolute Gasteiger partial charge is 0.252 e. The predicted molar refractivity (Wildman–Crippen MR) is 71.2 cm³/mol. The van der Waals surface area contributed by atoms with E-state index in [-0.39, 0.29) is 24.5 Å². The van der Waals surface area contributed by atoms with Crippen LogP contribution in [-0.2, 0) is 9.53 Å². The minimum Gasteiger partial charge on any atom is -0.365 e. The molecule has 0 bridgehead atoms. The van der Waals surface area contributed by atoms with Gasteiger partial charge in [-0.3, -0.25) is 9.59 Å². The van der Waals surface area contributed by atoms with Gasteiger partial charge in [-0.05, 0) is 12.1 Å². The Labute approximate surface area is 116 Å². The number of nitrogens with zero attached hydrogens (tertiary/aromatic N) is 1. The Morgan fingerprint density at radius 1 is 1.53 bits per heavy atom. The van der Waals surface area contributed by atoms with Crippen LogP contribution in [-0.4, -0.2) is 49.6 Å². The fourth-order valence-corrected chi connectivity index (χ4v) is 2.05. The third kappa shape index (κ3) is 3.45. The lowest BCUT2D eigenvalue weighted by Crippen LogP contribution is -2.48. The second kappa shape index (κ2) is 6.04. The first-order chi connectivity index (χ1) is 9.08. The van der Waals surface area contributed by atoms with Gasteiger partial charge in [-0.25, -0.2) is 0 Å². The summed E-state index contributed by atoms with van der Waals surface area (Å²) in [4.78, 5) is 24.8. The molecule has 1 aromatic carbocycles. The fraction of sp³-hybridized carbons (Fsp3) is 0.385. The van der Waals surface area contributed by atoms with E-state index in [1.807, 2.05) is 0 Å². The van der Waals surface area contributed by atoms with Crippen LogP contribution in [0.5, 0.6) is 0 Å². The molecule has 1 heterocycles. The minimum atomic E-state index is -0.242. The molecule has 0 spiro atoms. The Morgan fingerprint density at radius 3 is 2.95 bits per heavy atom. The van der Waals surface area contributed by atoms with Crippen LogP contribution in [0.1, 0.15) is 10.4 Å². The average Bonchev–Trinajstić information content (AvgIpc) is 2.40. The quantitative estimate of drug-likeness (QED) is 0.897. The maximum atomic E-state index is 11.9. The van der Waals surface area contributed by atoms with Crippen LogP contribution in [0, 0.1) is 0 Å². The summed E-state index contributed by atoms with van der Waals surface area (Å²) in [6.07, 6.45) is -0.186. The van der Waals surface area contributed by atoms with E-state index in [1.165, 1.54) is 0 Å². The Balaban J connectivity index is 1.88. The molecular weight excluding hydrogens is 268 g/mol. The van der Waals surface area contributed by atoms with E-state index >= 15 is 0 Å². The molecule has 1 N–H and O–H groups in total. The number of benzene rings is 1. The molecule has 102 valence electrons. The number of carbonyl (C=O) groups is 2. The highest BCUT2D eigenvalue weighted by atomic mass is 35.5. The van der Waals surface area contributed by atoms with Crippen molar-refractivity contribution in [1.82, 2.24) is 10.2 Å². The first-order valence-corrected chi connectivity index (χ1v) is 6.34. The van der Waals surface area contributed by atoms with Crippen LogP contribution in [0.4, 0.5) is 0 Å². The van der Waals surface area contributed by atoms with Gasteiger partial charge in [0.25, 0.3) is 5.91 Å². The standard InChI is InChI=1S/C13H15ClN2O3/c1-16-7-9(19-8-12(16)17)6-15-13(18)10-4-2-3-5-11(10)14/h2-5,9H,6-8H2,1H3,(H,15,18). The van der Waals surface area contributed by atoms with Gasteiger partial charge in [0.2, 0.25) is 5.91 Å². The van der Waals surface area contributed by atoms with Crippen molar-refractivity contribution in [3.63, 3.8) is 0 Å². The number of likely N-dealkylation sites (N-methyl/N-ethyl adjacent to an activating group) is 1. The van der Waals surface area contributed by atoms with Crippen molar-refractivity contribution in [3.8, 4) is 0 Å². The fourth-order valence-electron chi connectivity index (χ4n) is 1.83. The van der Waals surface area contributed by atoms with E-state index < -0.39 is 0 Å². The average molecular weight is 283 g/mol. The molecule has 0 aliphatic carbocycles. The van der Waals surface area contributed by atoms with Crippen molar-refractivity contribution in [1.29, 1.82) is 0 Å². The van der Waals surface area contributed by atoms with E-state index in [4.69, 9.17) is 16.3 Å². The third-order valence-electron chi connectivity index (χ3n) is 2.95. The number of halogens is 1. The molecule has 0 radical (unpaired) electrons. The largest absolute Gasteiger partial charge is 0.365 e. The molecule has 1 aliphatic rings. The maximum Gasteiger partial charge on any atom is 0.252 e. The van der Waals surface area contributed by atoms with E-state index in [1.54, 1.807) is 36.2 Å². The summed E-state index contributed by atoms with van der Waals surface area (Å²) < 4.78 is 5.34. The zero-order chi connectivity index (χ0) is 13.8. The van der Waals surface area contributed by atoms with E-state index in [2.05, 4.69) is 5.32 Å². The molecule has 2 amide bonds. The summed E-state index contributed by atoms with van der Waals surface area (Å²) >= 11 is 5.94. The first kappa shape index (κ1) is 13.8. The van der Waals surface area contributed by atoms with Crippen molar-refractivity contribution < 1.29 is 14.3 Å². The van der Waals surface area contributed by atoms with E-state index in [9.17, 15) is 9.59 Å². The van der Waals surface area contributed by atoms with Crippen molar-refractivity contribution in [3.05, 3.63) is 34.9 Å².